The van der Waals surface area contributed by atoms with Gasteiger partial charge in [0.05, 0.1) is 23.5 Å². The molecule has 1 aliphatic heterocycles. The van der Waals surface area contributed by atoms with Crippen LogP contribution in [0, 0.1) is 0 Å². The van der Waals surface area contributed by atoms with E-state index < -0.39 is 11.7 Å². The van der Waals surface area contributed by atoms with Crippen LogP contribution in [0.3, 0.4) is 0 Å². The number of alkyl halides is 3. The van der Waals surface area contributed by atoms with Crippen LogP contribution in [0.1, 0.15) is 36.4 Å². The van der Waals surface area contributed by atoms with Gasteiger partial charge in [0, 0.05) is 29.5 Å². The van der Waals surface area contributed by atoms with Gasteiger partial charge in [0.1, 0.15) is 0 Å². The lowest BCUT2D eigenvalue weighted by Gasteiger charge is -2.08. The Morgan fingerprint density at radius 1 is 1.03 bits per heavy atom. The molecule has 0 spiro atoms. The molecule has 170 valence electrons. The average Bonchev–Trinajstić information content (AvgIpc) is 3.43. The summed E-state index contributed by atoms with van der Waals surface area (Å²) >= 11 is 5.99. The molecule has 10 heteroatoms. The Labute approximate surface area is 192 Å². The van der Waals surface area contributed by atoms with Gasteiger partial charge in [0.25, 0.3) is 0 Å². The molecule has 0 N–H and O–H groups in total. The number of hydrogen-bond donors (Lipinski definition) is 0. The third-order valence-corrected chi connectivity index (χ3v) is 5.87. The van der Waals surface area contributed by atoms with Gasteiger partial charge in [-0.25, -0.2) is 9.48 Å². The number of hydrogen-bond acceptors (Lipinski definition) is 4. The molecule has 2 aliphatic rings. The van der Waals surface area contributed by atoms with Crippen LogP contribution in [0.2, 0.25) is 5.02 Å². The van der Waals surface area contributed by atoms with Crippen molar-refractivity contribution in [3.05, 3.63) is 75.2 Å². The maximum absolute atomic E-state index is 13.0. The number of nitrogens with zero attached hydrogens (tertiary/aromatic N) is 5. The van der Waals surface area contributed by atoms with Gasteiger partial charge in [-0.05, 0) is 48.7 Å². The van der Waals surface area contributed by atoms with Crippen molar-refractivity contribution in [2.45, 2.75) is 44.4 Å². The zero-order chi connectivity index (χ0) is 23.2. The fourth-order valence-corrected chi connectivity index (χ4v) is 4.01. The van der Waals surface area contributed by atoms with Crippen molar-refractivity contribution in [3.8, 4) is 11.4 Å². The molecule has 0 unspecified atom stereocenters. The Balaban J connectivity index is 1.31. The molecule has 1 aromatic heterocycles. The van der Waals surface area contributed by atoms with E-state index in [0.29, 0.717) is 34.3 Å². The summed E-state index contributed by atoms with van der Waals surface area (Å²) < 4.78 is 42.0. The summed E-state index contributed by atoms with van der Waals surface area (Å²) in [4.78, 5) is 13.0. The smallest absolute Gasteiger partial charge is 0.272 e. The van der Waals surface area contributed by atoms with Crippen LogP contribution in [0.5, 0.6) is 0 Å². The molecular formula is C23H19ClF3N5O. The van der Waals surface area contributed by atoms with Gasteiger partial charge in [-0.15, -0.1) is 5.10 Å². The first kappa shape index (κ1) is 21.6. The summed E-state index contributed by atoms with van der Waals surface area (Å²) in [5.41, 5.74) is 1.71. The molecule has 2 heterocycles. The van der Waals surface area contributed by atoms with E-state index in [9.17, 15) is 18.0 Å². The van der Waals surface area contributed by atoms with Crippen LogP contribution in [0.25, 0.3) is 11.4 Å². The first-order chi connectivity index (χ1) is 15.8. The molecule has 5 rings (SSSR count). The molecule has 6 nitrogen and oxygen atoms in total. The third kappa shape index (κ3) is 4.64. The molecule has 2 aromatic carbocycles. The zero-order valence-electron chi connectivity index (χ0n) is 17.4. The summed E-state index contributed by atoms with van der Waals surface area (Å²) in [6, 6.07) is 12.5. The van der Waals surface area contributed by atoms with Crippen molar-refractivity contribution in [1.82, 2.24) is 14.3 Å². The van der Waals surface area contributed by atoms with Gasteiger partial charge in [0.15, 0.2) is 5.82 Å². The van der Waals surface area contributed by atoms with Crippen molar-refractivity contribution < 1.29 is 13.2 Å². The molecule has 0 bridgehead atoms. The summed E-state index contributed by atoms with van der Waals surface area (Å²) in [6.07, 6.45) is -1.89. The highest BCUT2D eigenvalue weighted by molar-refractivity contribution is 6.30. The molecule has 0 saturated heterocycles. The second-order valence-electron chi connectivity index (χ2n) is 8.26. The van der Waals surface area contributed by atoms with E-state index in [-0.39, 0.29) is 24.7 Å². The van der Waals surface area contributed by atoms with Crippen molar-refractivity contribution in [2.75, 3.05) is 0 Å². The first-order valence-electron chi connectivity index (χ1n) is 10.5. The van der Waals surface area contributed by atoms with Crippen molar-refractivity contribution in [1.29, 1.82) is 0 Å². The Morgan fingerprint density at radius 3 is 2.45 bits per heavy atom. The van der Waals surface area contributed by atoms with E-state index in [1.807, 2.05) is 12.1 Å². The topological polar surface area (TPSA) is 64.5 Å². The van der Waals surface area contributed by atoms with Crippen LogP contribution in [0.4, 0.5) is 13.2 Å². The zero-order valence-corrected chi connectivity index (χ0v) is 18.1. The van der Waals surface area contributed by atoms with Gasteiger partial charge in [-0.3, -0.25) is 4.57 Å². The summed E-state index contributed by atoms with van der Waals surface area (Å²) in [7, 11) is 0. The molecule has 33 heavy (non-hydrogen) atoms. The van der Waals surface area contributed by atoms with E-state index in [2.05, 4.69) is 15.3 Å². The normalized spacial score (nSPS) is 16.1. The first-order valence-corrected chi connectivity index (χ1v) is 10.9. The monoisotopic (exact) mass is 473 g/mol. The van der Waals surface area contributed by atoms with E-state index >= 15 is 0 Å². The Kier molecular flexibility index (Phi) is 5.44. The molecular weight excluding hydrogens is 455 g/mol. The van der Waals surface area contributed by atoms with E-state index in [1.165, 1.54) is 10.7 Å². The lowest BCUT2D eigenvalue weighted by molar-refractivity contribution is -0.137. The SMILES string of the molecule is O=c1n(CC2=NN=C(Cc3cccc(C(F)(F)F)c3)C2)nc(-c2ccc(Cl)cc2)n1C1CC1. The Bertz CT molecular complexity index is 1320. The average molecular weight is 474 g/mol. The predicted molar refractivity (Wildman–Crippen MR) is 120 cm³/mol. The minimum absolute atomic E-state index is 0.134. The number of halogens is 4. The standard InChI is InChI=1S/C23H19ClF3N5O/c24-17-6-4-15(5-7-17)21-30-31(22(33)32(21)20-8-9-20)13-19-12-18(28-29-19)11-14-2-1-3-16(10-14)23(25,26)27/h1-7,10,20H,8-9,11-13H2. The fraction of sp³-hybridized carbons (Fsp3) is 0.304. The predicted octanol–water partition coefficient (Wildman–Crippen LogP) is 5.16. The van der Waals surface area contributed by atoms with Crippen molar-refractivity contribution in [3.63, 3.8) is 0 Å². The van der Waals surface area contributed by atoms with Crippen LogP contribution < -0.4 is 5.69 Å². The van der Waals surface area contributed by atoms with E-state index in [0.717, 1.165) is 30.5 Å². The van der Waals surface area contributed by atoms with Gasteiger partial charge >= 0.3 is 11.9 Å². The van der Waals surface area contributed by atoms with Crippen LogP contribution >= 0.6 is 11.6 Å². The second-order valence-corrected chi connectivity index (χ2v) is 8.69. The second kappa shape index (κ2) is 8.30. The maximum atomic E-state index is 13.0. The maximum Gasteiger partial charge on any atom is 0.416 e. The minimum atomic E-state index is -4.39. The van der Waals surface area contributed by atoms with Crippen molar-refractivity contribution >= 4 is 23.0 Å². The molecule has 1 fully saturated rings. The van der Waals surface area contributed by atoms with Gasteiger partial charge in [0.2, 0.25) is 0 Å². The van der Waals surface area contributed by atoms with Crippen LogP contribution in [-0.2, 0) is 19.1 Å². The van der Waals surface area contributed by atoms with Crippen LogP contribution in [-0.4, -0.2) is 25.8 Å². The summed E-state index contributed by atoms with van der Waals surface area (Å²) in [5, 5.41) is 13.4. The Hall–Kier alpha value is -3.20. The summed E-state index contributed by atoms with van der Waals surface area (Å²) in [5.74, 6) is 0.586. The van der Waals surface area contributed by atoms with Gasteiger partial charge < -0.3 is 0 Å². The molecule has 3 aromatic rings. The molecule has 0 radical (unpaired) electrons. The number of rotatable bonds is 6. The highest BCUT2D eigenvalue weighted by Crippen LogP contribution is 2.36. The fourth-order valence-electron chi connectivity index (χ4n) is 3.88. The molecule has 1 aliphatic carbocycles. The van der Waals surface area contributed by atoms with Crippen LogP contribution in [0.15, 0.2) is 63.5 Å². The quantitative estimate of drug-likeness (QED) is 0.496. The third-order valence-electron chi connectivity index (χ3n) is 5.62. The van der Waals surface area contributed by atoms with E-state index in [4.69, 9.17) is 11.6 Å². The minimum Gasteiger partial charge on any atom is -0.272 e. The molecule has 0 atom stereocenters. The highest BCUT2D eigenvalue weighted by atomic mass is 35.5. The summed E-state index contributed by atoms with van der Waals surface area (Å²) in [6.45, 7) is 0.175. The molecule has 1 saturated carbocycles. The Morgan fingerprint density at radius 2 is 1.76 bits per heavy atom. The van der Waals surface area contributed by atoms with E-state index in [1.54, 1.807) is 22.8 Å². The van der Waals surface area contributed by atoms with Gasteiger partial charge in [-0.2, -0.15) is 23.4 Å². The van der Waals surface area contributed by atoms with Gasteiger partial charge in [-0.1, -0.05) is 29.8 Å². The largest absolute Gasteiger partial charge is 0.416 e. The lowest BCUT2D eigenvalue weighted by atomic mass is 10.0. The van der Waals surface area contributed by atoms with Crippen molar-refractivity contribution in [2.24, 2.45) is 10.2 Å². The highest BCUT2D eigenvalue weighted by Gasteiger charge is 2.32. The lowest BCUT2D eigenvalue weighted by Crippen LogP contribution is -2.27. The number of aromatic nitrogens is 3. The molecule has 0 amide bonds. The number of benzene rings is 2.